The van der Waals surface area contributed by atoms with E-state index >= 15 is 0 Å². The lowest BCUT2D eigenvalue weighted by atomic mass is 9.87. The minimum absolute atomic E-state index is 0.871. The maximum atomic E-state index is 3.97. The standard InChI is InChI=1S/C20H41/c1-5-7-8-9-10-11-12-13-14-15-16-18-20(4)19(3)17-6-2/h19-20H,2,5-18H2,1,3-4H3. The normalized spacial score (nSPS) is 14.4. The number of rotatable bonds is 15. The van der Waals surface area contributed by atoms with Gasteiger partial charge in [0.05, 0.1) is 0 Å². The Kier molecular flexibility index (Phi) is 15.4. The van der Waals surface area contributed by atoms with E-state index in [2.05, 4.69) is 27.7 Å². The molecule has 0 fully saturated rings. The summed E-state index contributed by atoms with van der Waals surface area (Å²) in [5.41, 5.74) is 0. The zero-order valence-corrected chi connectivity index (χ0v) is 14.8. The number of unbranched alkanes of at least 4 members (excludes halogenated alkanes) is 10. The Hall–Kier alpha value is 0. The molecule has 0 heteroatoms. The molecule has 0 saturated heterocycles. The predicted molar refractivity (Wildman–Crippen MR) is 94.0 cm³/mol. The van der Waals surface area contributed by atoms with E-state index in [-0.39, 0.29) is 0 Å². The first kappa shape index (κ1) is 20.0. The van der Waals surface area contributed by atoms with E-state index in [1.807, 2.05) is 0 Å². The van der Waals surface area contributed by atoms with Gasteiger partial charge in [-0.1, -0.05) is 118 Å². The molecule has 0 amide bonds. The van der Waals surface area contributed by atoms with E-state index in [9.17, 15) is 0 Å². The second-order valence-electron chi connectivity index (χ2n) is 6.92. The molecule has 0 heterocycles. The van der Waals surface area contributed by atoms with Gasteiger partial charge in [-0.25, -0.2) is 0 Å². The summed E-state index contributed by atoms with van der Waals surface area (Å²) in [5.74, 6) is 1.77. The Morgan fingerprint density at radius 2 is 1.00 bits per heavy atom. The monoisotopic (exact) mass is 281 g/mol. The second-order valence-corrected chi connectivity index (χ2v) is 6.92. The molecule has 0 nitrogen and oxygen atoms in total. The van der Waals surface area contributed by atoms with Crippen molar-refractivity contribution in [2.45, 2.75) is 111 Å². The molecule has 20 heavy (non-hydrogen) atoms. The Morgan fingerprint density at radius 1 is 0.600 bits per heavy atom. The molecule has 0 spiro atoms. The first-order valence-corrected chi connectivity index (χ1v) is 9.51. The van der Waals surface area contributed by atoms with Crippen LogP contribution in [0.1, 0.15) is 111 Å². The summed E-state index contributed by atoms with van der Waals surface area (Å²) < 4.78 is 0. The van der Waals surface area contributed by atoms with Gasteiger partial charge in [0, 0.05) is 0 Å². The fourth-order valence-corrected chi connectivity index (χ4v) is 3.02. The topological polar surface area (TPSA) is 0 Å². The molecule has 121 valence electrons. The highest BCUT2D eigenvalue weighted by molar-refractivity contribution is 4.63. The summed E-state index contributed by atoms with van der Waals surface area (Å²) in [7, 11) is 0. The first-order chi connectivity index (χ1) is 9.72. The molecule has 0 aromatic rings. The maximum Gasteiger partial charge on any atom is -0.0417 e. The van der Waals surface area contributed by atoms with E-state index < -0.39 is 0 Å². The van der Waals surface area contributed by atoms with Gasteiger partial charge >= 0.3 is 0 Å². The van der Waals surface area contributed by atoms with Crippen molar-refractivity contribution in [2.24, 2.45) is 11.8 Å². The minimum atomic E-state index is 0.871. The molecule has 2 atom stereocenters. The van der Waals surface area contributed by atoms with Crippen LogP contribution in [0.15, 0.2) is 0 Å². The van der Waals surface area contributed by atoms with Gasteiger partial charge in [0.2, 0.25) is 0 Å². The number of hydrogen-bond donors (Lipinski definition) is 0. The molecule has 1 radical (unpaired) electrons. The van der Waals surface area contributed by atoms with E-state index in [1.165, 1.54) is 83.5 Å². The molecular formula is C20H41. The highest BCUT2D eigenvalue weighted by Crippen LogP contribution is 2.22. The summed E-state index contributed by atoms with van der Waals surface area (Å²) in [6, 6.07) is 0. The Labute approximate surface area is 130 Å². The Bertz CT molecular complexity index is 173. The third kappa shape index (κ3) is 13.0. The van der Waals surface area contributed by atoms with Crippen LogP contribution >= 0.6 is 0 Å². The molecule has 2 unspecified atom stereocenters. The zero-order chi connectivity index (χ0) is 15.1. The average Bonchev–Trinajstić information content (AvgIpc) is 2.44. The molecule has 0 aliphatic rings. The van der Waals surface area contributed by atoms with E-state index in [4.69, 9.17) is 0 Å². The van der Waals surface area contributed by atoms with E-state index in [1.54, 1.807) is 0 Å². The average molecular weight is 282 g/mol. The molecule has 0 aliphatic carbocycles. The third-order valence-corrected chi connectivity index (χ3v) is 4.89. The molecule has 0 aromatic carbocycles. The predicted octanol–water partition coefficient (Wildman–Crippen LogP) is 7.57. The van der Waals surface area contributed by atoms with Gasteiger partial charge in [-0.15, -0.1) is 0 Å². The van der Waals surface area contributed by atoms with Crippen molar-refractivity contribution in [3.63, 3.8) is 0 Å². The fourth-order valence-electron chi connectivity index (χ4n) is 3.02. The molecule has 0 aromatic heterocycles. The molecule has 0 saturated carbocycles. The van der Waals surface area contributed by atoms with E-state index in [0.29, 0.717) is 0 Å². The molecule has 0 bridgehead atoms. The molecule has 0 rings (SSSR count). The van der Waals surface area contributed by atoms with Crippen LogP contribution in [0.5, 0.6) is 0 Å². The smallest absolute Gasteiger partial charge is 0.0417 e. The molecule has 0 N–H and O–H groups in total. The van der Waals surface area contributed by atoms with Crippen LogP contribution < -0.4 is 0 Å². The zero-order valence-electron chi connectivity index (χ0n) is 14.8. The SMILES string of the molecule is [CH2]CCC(C)C(C)CCCCCCCCCCCCC. The van der Waals surface area contributed by atoms with Gasteiger partial charge in [-0.2, -0.15) is 0 Å². The van der Waals surface area contributed by atoms with Crippen molar-refractivity contribution in [1.82, 2.24) is 0 Å². The van der Waals surface area contributed by atoms with Gasteiger partial charge in [0.1, 0.15) is 0 Å². The molecule has 0 aliphatic heterocycles. The van der Waals surface area contributed by atoms with Crippen LogP contribution in [0.3, 0.4) is 0 Å². The van der Waals surface area contributed by atoms with Crippen LogP contribution in [0, 0.1) is 18.8 Å². The number of hydrogen-bond acceptors (Lipinski definition) is 0. The van der Waals surface area contributed by atoms with Gasteiger partial charge < -0.3 is 0 Å². The summed E-state index contributed by atoms with van der Waals surface area (Å²) in [6.07, 6.45) is 19.8. The van der Waals surface area contributed by atoms with Crippen LogP contribution in [0.4, 0.5) is 0 Å². The summed E-state index contributed by atoms with van der Waals surface area (Å²) >= 11 is 0. The van der Waals surface area contributed by atoms with Crippen molar-refractivity contribution in [1.29, 1.82) is 0 Å². The second kappa shape index (κ2) is 15.4. The van der Waals surface area contributed by atoms with Crippen molar-refractivity contribution in [3.8, 4) is 0 Å². The lowest BCUT2D eigenvalue weighted by molar-refractivity contribution is 0.333. The first-order valence-electron chi connectivity index (χ1n) is 9.51. The van der Waals surface area contributed by atoms with Crippen molar-refractivity contribution in [2.75, 3.05) is 0 Å². The lowest BCUT2D eigenvalue weighted by Gasteiger charge is -2.18. The highest BCUT2D eigenvalue weighted by Gasteiger charge is 2.10. The minimum Gasteiger partial charge on any atom is -0.0654 e. The van der Waals surface area contributed by atoms with Crippen molar-refractivity contribution in [3.05, 3.63) is 6.92 Å². The largest absolute Gasteiger partial charge is 0.0654 e. The van der Waals surface area contributed by atoms with E-state index in [0.717, 1.165) is 18.3 Å². The van der Waals surface area contributed by atoms with Gasteiger partial charge in [-0.05, 0) is 11.8 Å². The van der Waals surface area contributed by atoms with Gasteiger partial charge in [0.25, 0.3) is 0 Å². The molecular weight excluding hydrogens is 240 g/mol. The van der Waals surface area contributed by atoms with Gasteiger partial charge in [0.15, 0.2) is 0 Å². The third-order valence-electron chi connectivity index (χ3n) is 4.89. The fraction of sp³-hybridized carbons (Fsp3) is 0.950. The van der Waals surface area contributed by atoms with Crippen LogP contribution in [-0.2, 0) is 0 Å². The quantitative estimate of drug-likeness (QED) is 0.271. The van der Waals surface area contributed by atoms with Crippen LogP contribution in [0.25, 0.3) is 0 Å². The van der Waals surface area contributed by atoms with Crippen LogP contribution in [0.2, 0.25) is 0 Å². The Morgan fingerprint density at radius 3 is 1.45 bits per heavy atom. The summed E-state index contributed by atoms with van der Waals surface area (Å²) in [6.45, 7) is 11.1. The van der Waals surface area contributed by atoms with Crippen LogP contribution in [-0.4, -0.2) is 0 Å². The summed E-state index contributed by atoms with van der Waals surface area (Å²) in [4.78, 5) is 0. The van der Waals surface area contributed by atoms with Crippen molar-refractivity contribution < 1.29 is 0 Å². The highest BCUT2D eigenvalue weighted by atomic mass is 14.2. The maximum absolute atomic E-state index is 3.97. The Balaban J connectivity index is 3.16. The van der Waals surface area contributed by atoms with Gasteiger partial charge in [-0.3, -0.25) is 0 Å². The lowest BCUT2D eigenvalue weighted by Crippen LogP contribution is -2.07. The van der Waals surface area contributed by atoms with Crippen molar-refractivity contribution >= 4 is 0 Å². The summed E-state index contributed by atoms with van der Waals surface area (Å²) in [5, 5.41) is 0.